The van der Waals surface area contributed by atoms with Crippen molar-refractivity contribution in [1.29, 1.82) is 0 Å². The van der Waals surface area contributed by atoms with E-state index >= 15 is 0 Å². The van der Waals surface area contributed by atoms with Gasteiger partial charge in [-0.05, 0) is 63.4 Å². The Labute approximate surface area is 197 Å². The Morgan fingerprint density at radius 3 is 2.59 bits per heavy atom. The highest BCUT2D eigenvalue weighted by Crippen LogP contribution is 2.57. The van der Waals surface area contributed by atoms with Gasteiger partial charge in [0, 0.05) is 29.5 Å². The molecule has 4 aliphatic rings. The van der Waals surface area contributed by atoms with Crippen molar-refractivity contribution >= 4 is 12.0 Å². The molecule has 2 aromatic heterocycles. The van der Waals surface area contributed by atoms with Crippen LogP contribution in [0, 0.1) is 18.8 Å². The van der Waals surface area contributed by atoms with Crippen LogP contribution in [0.1, 0.15) is 54.7 Å². The average Bonchev–Trinajstić information content (AvgIpc) is 2.76. The molecule has 10 heteroatoms. The molecule has 10 nitrogen and oxygen atoms in total. The van der Waals surface area contributed by atoms with E-state index in [4.69, 9.17) is 14.6 Å². The van der Waals surface area contributed by atoms with Gasteiger partial charge in [-0.15, -0.1) is 0 Å². The van der Waals surface area contributed by atoms with E-state index in [0.29, 0.717) is 29.7 Å². The summed E-state index contributed by atoms with van der Waals surface area (Å²) in [6.07, 6.45) is 9.27. The largest absolute Gasteiger partial charge is 0.491 e. The Hall–Kier alpha value is -3.27. The lowest BCUT2D eigenvalue weighted by molar-refractivity contribution is -0.0450. The molecular formula is C24H29N5O5. The highest BCUT2D eigenvalue weighted by Gasteiger charge is 2.59. The zero-order chi connectivity index (χ0) is 23.8. The lowest BCUT2D eigenvalue weighted by Gasteiger charge is -2.61. The zero-order valence-electron chi connectivity index (χ0n) is 19.1. The van der Waals surface area contributed by atoms with Gasteiger partial charge < -0.3 is 25.2 Å². The van der Waals surface area contributed by atoms with Crippen LogP contribution in [0.5, 0.6) is 11.6 Å². The van der Waals surface area contributed by atoms with E-state index in [1.54, 1.807) is 25.3 Å². The van der Waals surface area contributed by atoms with Crippen LogP contribution in [0.2, 0.25) is 0 Å². The van der Waals surface area contributed by atoms with Gasteiger partial charge >= 0.3 is 6.09 Å². The van der Waals surface area contributed by atoms with Crippen LogP contribution in [-0.2, 0) is 0 Å². The first-order valence-electron chi connectivity index (χ1n) is 11.7. The van der Waals surface area contributed by atoms with Crippen molar-refractivity contribution in [2.45, 2.75) is 56.5 Å². The number of hydrogen-bond donors (Lipinski definition) is 3. The number of aliphatic hydroxyl groups is 1. The summed E-state index contributed by atoms with van der Waals surface area (Å²) in [7, 11) is 0. The topological polar surface area (TPSA) is 136 Å². The molecule has 4 aliphatic carbocycles. The molecule has 0 saturated heterocycles. The molecule has 4 saturated carbocycles. The van der Waals surface area contributed by atoms with E-state index < -0.39 is 17.2 Å². The Kier molecular flexibility index (Phi) is 5.85. The molecule has 2 unspecified atom stereocenters. The minimum atomic E-state index is -0.543. The molecule has 0 aromatic carbocycles. The number of carbonyl (C=O) groups excluding carboxylic acids is 2. The fourth-order valence-electron chi connectivity index (χ4n) is 6.48. The molecule has 4 bridgehead atoms. The van der Waals surface area contributed by atoms with Crippen molar-refractivity contribution in [1.82, 2.24) is 25.6 Å². The van der Waals surface area contributed by atoms with Crippen LogP contribution in [0.3, 0.4) is 0 Å². The lowest BCUT2D eigenvalue weighted by atomic mass is 9.50. The van der Waals surface area contributed by atoms with Crippen LogP contribution in [-0.4, -0.2) is 56.4 Å². The van der Waals surface area contributed by atoms with Gasteiger partial charge in [-0.2, -0.15) is 0 Å². The first-order valence-corrected chi connectivity index (χ1v) is 11.7. The minimum Gasteiger partial charge on any atom is -0.491 e. The first-order chi connectivity index (χ1) is 16.4. The third-order valence-corrected chi connectivity index (χ3v) is 7.06. The highest BCUT2D eigenvalue weighted by molar-refractivity contribution is 5.93. The number of nitrogens with one attached hydrogen (secondary N) is 2. The van der Waals surface area contributed by atoms with Crippen molar-refractivity contribution in [3.63, 3.8) is 0 Å². The predicted molar refractivity (Wildman–Crippen MR) is 120 cm³/mol. The van der Waals surface area contributed by atoms with Gasteiger partial charge in [0.25, 0.3) is 5.91 Å². The normalized spacial score (nSPS) is 28.9. The lowest BCUT2D eigenvalue weighted by Crippen LogP contribution is -2.70. The summed E-state index contributed by atoms with van der Waals surface area (Å²) in [5, 5.41) is 15.3. The monoisotopic (exact) mass is 467 g/mol. The van der Waals surface area contributed by atoms with E-state index in [0.717, 1.165) is 32.1 Å². The molecule has 2 amide bonds. The van der Waals surface area contributed by atoms with Crippen molar-refractivity contribution < 1.29 is 24.2 Å². The number of aromatic nitrogens is 3. The number of carbonyl (C=O) groups is 2. The minimum absolute atomic E-state index is 0.107. The Morgan fingerprint density at radius 1 is 1.15 bits per heavy atom. The summed E-state index contributed by atoms with van der Waals surface area (Å²) in [5.74, 6) is 1.24. The molecule has 2 atom stereocenters. The molecule has 0 aliphatic heterocycles. The van der Waals surface area contributed by atoms with Gasteiger partial charge in [0.05, 0.1) is 18.5 Å². The van der Waals surface area contributed by atoms with Crippen molar-refractivity contribution in [2.24, 2.45) is 11.8 Å². The summed E-state index contributed by atoms with van der Waals surface area (Å²) in [4.78, 5) is 38.3. The van der Waals surface area contributed by atoms with Gasteiger partial charge in [0.1, 0.15) is 18.1 Å². The van der Waals surface area contributed by atoms with E-state index in [1.165, 1.54) is 12.4 Å². The molecule has 2 aromatic rings. The maximum absolute atomic E-state index is 13.1. The van der Waals surface area contributed by atoms with Crippen molar-refractivity contribution in [3.05, 3.63) is 42.1 Å². The second kappa shape index (κ2) is 8.83. The van der Waals surface area contributed by atoms with Gasteiger partial charge in [-0.3, -0.25) is 14.8 Å². The fourth-order valence-corrected chi connectivity index (χ4v) is 6.48. The summed E-state index contributed by atoms with van der Waals surface area (Å²) >= 11 is 0. The Bertz CT molecular complexity index is 1080. The molecular weight excluding hydrogens is 438 g/mol. The zero-order valence-corrected chi connectivity index (χ0v) is 19.1. The van der Waals surface area contributed by atoms with E-state index in [1.807, 2.05) is 0 Å². The number of pyridine rings is 1. The molecule has 2 heterocycles. The quantitative estimate of drug-likeness (QED) is 0.564. The van der Waals surface area contributed by atoms with Gasteiger partial charge in [-0.1, -0.05) is 0 Å². The third kappa shape index (κ3) is 4.68. The van der Waals surface area contributed by atoms with E-state index in [-0.39, 0.29) is 30.7 Å². The summed E-state index contributed by atoms with van der Waals surface area (Å²) in [6.45, 7) is 1.83. The van der Waals surface area contributed by atoms with Crippen LogP contribution in [0.4, 0.5) is 4.79 Å². The van der Waals surface area contributed by atoms with Gasteiger partial charge in [-0.25, -0.2) is 9.78 Å². The number of aliphatic hydroxyl groups excluding tert-OH is 1. The third-order valence-electron chi connectivity index (χ3n) is 7.06. The maximum Gasteiger partial charge on any atom is 0.414 e. The summed E-state index contributed by atoms with van der Waals surface area (Å²) in [5.41, 5.74) is 0.110. The molecule has 6 rings (SSSR count). The number of ether oxygens (including phenoxy) is 2. The maximum atomic E-state index is 13.1. The molecule has 0 radical (unpaired) electrons. The van der Waals surface area contributed by atoms with Crippen LogP contribution in [0.25, 0.3) is 0 Å². The smallest absolute Gasteiger partial charge is 0.414 e. The molecule has 180 valence electrons. The number of amides is 2. The second-order valence-corrected chi connectivity index (χ2v) is 9.94. The first kappa shape index (κ1) is 22.5. The Balaban J connectivity index is 1.29. The average molecular weight is 468 g/mol. The molecule has 34 heavy (non-hydrogen) atoms. The van der Waals surface area contributed by atoms with E-state index in [2.05, 4.69) is 25.6 Å². The predicted octanol–water partition coefficient (Wildman–Crippen LogP) is 2.16. The van der Waals surface area contributed by atoms with Crippen LogP contribution < -0.4 is 20.1 Å². The summed E-state index contributed by atoms with van der Waals surface area (Å²) in [6, 6.07) is 3.24. The second-order valence-electron chi connectivity index (χ2n) is 9.94. The summed E-state index contributed by atoms with van der Waals surface area (Å²) < 4.78 is 10.8. The van der Waals surface area contributed by atoms with Crippen molar-refractivity contribution in [3.8, 4) is 11.6 Å². The molecule has 4 fully saturated rings. The molecule has 0 spiro atoms. The number of aryl methyl sites for hydroxylation is 1. The number of hydrogen-bond acceptors (Lipinski definition) is 8. The SMILES string of the molecule is Cc1cncc(OC(=O)NC23CC4CC(C2)CC(NC(=O)c2cc(OCCO)ccn2)(C4)C3)n1. The number of rotatable bonds is 7. The standard InChI is InChI=1S/C24H29N5O5/c1-15-12-25-13-20(27-15)34-22(32)29-24-10-16-6-17(11-24)9-23(8-16,14-24)28-21(31)19-7-18(2-3-26-19)33-5-4-30/h2-3,7,12-13,16-17,30H,4-6,8-11,14H2,1H3,(H,28,31)(H,29,32). The number of nitrogens with zero attached hydrogens (tertiary/aromatic N) is 3. The highest BCUT2D eigenvalue weighted by atomic mass is 16.6. The van der Waals surface area contributed by atoms with Crippen molar-refractivity contribution in [2.75, 3.05) is 13.2 Å². The van der Waals surface area contributed by atoms with Gasteiger partial charge in [0.15, 0.2) is 0 Å². The van der Waals surface area contributed by atoms with Crippen LogP contribution >= 0.6 is 0 Å². The Morgan fingerprint density at radius 2 is 1.88 bits per heavy atom. The van der Waals surface area contributed by atoms with Crippen LogP contribution in [0.15, 0.2) is 30.7 Å². The van der Waals surface area contributed by atoms with Gasteiger partial charge in [0.2, 0.25) is 5.88 Å². The van der Waals surface area contributed by atoms with E-state index in [9.17, 15) is 9.59 Å². The fraction of sp³-hybridized carbons (Fsp3) is 0.542. The molecule has 3 N–H and O–H groups in total.